The zero-order valence-corrected chi connectivity index (χ0v) is 14.3. The molecular formula is C13H19BrN2O4S. The first kappa shape index (κ1) is 18.1. The van der Waals surface area contributed by atoms with Crippen molar-refractivity contribution in [3.05, 3.63) is 28.7 Å². The molecular weight excluding hydrogens is 360 g/mol. The number of rotatable bonds is 8. The van der Waals surface area contributed by atoms with E-state index in [-0.39, 0.29) is 10.8 Å². The Bertz CT molecular complexity index is 560. The molecule has 0 saturated heterocycles. The Labute approximate surface area is 133 Å². The van der Waals surface area contributed by atoms with Gasteiger partial charge in [-0.25, -0.2) is 8.42 Å². The Balaban J connectivity index is 2.58. The highest BCUT2D eigenvalue weighted by molar-refractivity contribution is 9.10. The van der Waals surface area contributed by atoms with Crippen molar-refractivity contribution in [1.29, 1.82) is 0 Å². The third-order valence-corrected chi connectivity index (χ3v) is 4.76. The fourth-order valence-corrected chi connectivity index (χ4v) is 3.02. The van der Waals surface area contributed by atoms with E-state index in [1.165, 1.54) is 19.1 Å². The van der Waals surface area contributed by atoms with E-state index in [1.807, 2.05) is 0 Å². The van der Waals surface area contributed by atoms with Gasteiger partial charge in [0.2, 0.25) is 15.9 Å². The van der Waals surface area contributed by atoms with Crippen LogP contribution in [0.4, 0.5) is 0 Å². The molecule has 0 fully saturated rings. The lowest BCUT2D eigenvalue weighted by atomic mass is 10.3. The van der Waals surface area contributed by atoms with Crippen LogP contribution in [-0.2, 0) is 19.6 Å². The molecule has 118 valence electrons. The summed E-state index contributed by atoms with van der Waals surface area (Å²) in [5, 5.41) is 2.65. The highest BCUT2D eigenvalue weighted by Gasteiger charge is 2.21. The SMILES string of the molecule is COCCCNC(=O)[C@@H](C)NS(=O)(=O)c1ccc(Br)cc1. The Morgan fingerprint density at radius 2 is 1.95 bits per heavy atom. The van der Waals surface area contributed by atoms with Crippen LogP contribution in [0.5, 0.6) is 0 Å². The molecule has 6 nitrogen and oxygen atoms in total. The second-order valence-electron chi connectivity index (χ2n) is 4.43. The summed E-state index contributed by atoms with van der Waals surface area (Å²) in [5.74, 6) is -0.369. The number of carbonyl (C=O) groups excluding carboxylic acids is 1. The van der Waals surface area contributed by atoms with Crippen molar-refractivity contribution in [3.63, 3.8) is 0 Å². The van der Waals surface area contributed by atoms with E-state index in [9.17, 15) is 13.2 Å². The molecule has 0 aliphatic heterocycles. The molecule has 0 saturated carbocycles. The fourth-order valence-electron chi connectivity index (χ4n) is 1.55. The molecule has 21 heavy (non-hydrogen) atoms. The molecule has 1 atom stereocenters. The van der Waals surface area contributed by atoms with Crippen LogP contribution in [-0.4, -0.2) is 40.6 Å². The maximum Gasteiger partial charge on any atom is 0.241 e. The van der Waals surface area contributed by atoms with Crippen LogP contribution >= 0.6 is 15.9 Å². The molecule has 1 amide bonds. The highest BCUT2D eigenvalue weighted by Crippen LogP contribution is 2.14. The summed E-state index contributed by atoms with van der Waals surface area (Å²) in [7, 11) is -2.13. The number of hydrogen-bond donors (Lipinski definition) is 2. The summed E-state index contributed by atoms with van der Waals surface area (Å²) in [6.45, 7) is 2.48. The second-order valence-corrected chi connectivity index (χ2v) is 7.06. The highest BCUT2D eigenvalue weighted by atomic mass is 79.9. The Hall–Kier alpha value is -0.960. The molecule has 0 aliphatic carbocycles. The van der Waals surface area contributed by atoms with E-state index in [1.54, 1.807) is 19.2 Å². The van der Waals surface area contributed by atoms with E-state index in [4.69, 9.17) is 4.74 Å². The maximum absolute atomic E-state index is 12.1. The van der Waals surface area contributed by atoms with Crippen LogP contribution in [0, 0.1) is 0 Å². The average Bonchev–Trinajstić information content (AvgIpc) is 2.43. The van der Waals surface area contributed by atoms with Gasteiger partial charge in [0.1, 0.15) is 0 Å². The summed E-state index contributed by atoms with van der Waals surface area (Å²) in [6, 6.07) is 5.35. The van der Waals surface area contributed by atoms with Crippen LogP contribution in [0.25, 0.3) is 0 Å². The van der Waals surface area contributed by atoms with Gasteiger partial charge in [-0.2, -0.15) is 4.72 Å². The largest absolute Gasteiger partial charge is 0.385 e. The molecule has 8 heteroatoms. The smallest absolute Gasteiger partial charge is 0.241 e. The lowest BCUT2D eigenvalue weighted by molar-refractivity contribution is -0.122. The van der Waals surface area contributed by atoms with Crippen molar-refractivity contribution < 1.29 is 17.9 Å². The lowest BCUT2D eigenvalue weighted by Gasteiger charge is -2.14. The van der Waals surface area contributed by atoms with Crippen molar-refractivity contribution in [2.45, 2.75) is 24.3 Å². The number of nitrogens with one attached hydrogen (secondary N) is 2. The second kappa shape index (κ2) is 8.47. The van der Waals surface area contributed by atoms with E-state index in [0.717, 1.165) is 4.47 Å². The molecule has 0 aromatic heterocycles. The first-order chi connectivity index (χ1) is 9.86. The van der Waals surface area contributed by atoms with Crippen LogP contribution < -0.4 is 10.0 Å². The quantitative estimate of drug-likeness (QED) is 0.667. The molecule has 2 N–H and O–H groups in total. The van der Waals surface area contributed by atoms with Crippen molar-refractivity contribution in [2.24, 2.45) is 0 Å². The normalized spacial score (nSPS) is 12.9. The number of benzene rings is 1. The zero-order valence-electron chi connectivity index (χ0n) is 11.9. The van der Waals surface area contributed by atoms with Gasteiger partial charge in [0.15, 0.2) is 0 Å². The van der Waals surface area contributed by atoms with Gasteiger partial charge in [-0.1, -0.05) is 15.9 Å². The topological polar surface area (TPSA) is 84.5 Å². The number of amides is 1. The summed E-state index contributed by atoms with van der Waals surface area (Å²) < 4.78 is 32.2. The number of sulfonamides is 1. The first-order valence-electron chi connectivity index (χ1n) is 6.41. The molecule has 0 aliphatic rings. The van der Waals surface area contributed by atoms with Crippen LogP contribution in [0.3, 0.4) is 0 Å². The molecule has 1 rings (SSSR count). The summed E-state index contributed by atoms with van der Waals surface area (Å²) in [5.41, 5.74) is 0. The molecule has 0 unspecified atom stereocenters. The summed E-state index contributed by atoms with van der Waals surface area (Å²) in [4.78, 5) is 11.9. The van der Waals surface area contributed by atoms with Gasteiger partial charge in [-0.15, -0.1) is 0 Å². The van der Waals surface area contributed by atoms with Gasteiger partial charge >= 0.3 is 0 Å². The predicted molar refractivity (Wildman–Crippen MR) is 83.4 cm³/mol. The fraction of sp³-hybridized carbons (Fsp3) is 0.462. The van der Waals surface area contributed by atoms with Gasteiger partial charge in [0.05, 0.1) is 10.9 Å². The molecule has 1 aromatic rings. The maximum atomic E-state index is 12.1. The van der Waals surface area contributed by atoms with Crippen LogP contribution in [0.2, 0.25) is 0 Å². The van der Waals surface area contributed by atoms with Crippen molar-refractivity contribution in [2.75, 3.05) is 20.3 Å². The molecule has 0 heterocycles. The predicted octanol–water partition coefficient (Wildman–Crippen LogP) is 1.27. The third kappa shape index (κ3) is 6.13. The number of halogens is 1. The number of methoxy groups -OCH3 is 1. The van der Waals surface area contributed by atoms with Crippen molar-refractivity contribution in [1.82, 2.24) is 10.0 Å². The van der Waals surface area contributed by atoms with Crippen LogP contribution in [0.1, 0.15) is 13.3 Å². The minimum absolute atomic E-state index is 0.115. The van der Waals surface area contributed by atoms with E-state index >= 15 is 0 Å². The van der Waals surface area contributed by atoms with Crippen LogP contribution in [0.15, 0.2) is 33.6 Å². The standard InChI is InChI=1S/C13H19BrN2O4S/c1-10(13(17)15-8-3-9-20-2)16-21(18,19)12-6-4-11(14)5-7-12/h4-7,10,16H,3,8-9H2,1-2H3,(H,15,17)/t10-/m1/s1. The van der Waals surface area contributed by atoms with E-state index < -0.39 is 16.1 Å². The number of ether oxygens (including phenoxy) is 1. The Morgan fingerprint density at radius 3 is 2.52 bits per heavy atom. The number of carbonyl (C=O) groups is 1. The molecule has 0 spiro atoms. The van der Waals surface area contributed by atoms with E-state index in [2.05, 4.69) is 26.0 Å². The third-order valence-electron chi connectivity index (χ3n) is 2.67. The summed E-state index contributed by atoms with van der Waals surface area (Å²) >= 11 is 3.24. The molecule has 0 bridgehead atoms. The summed E-state index contributed by atoms with van der Waals surface area (Å²) in [6.07, 6.45) is 0.675. The monoisotopic (exact) mass is 378 g/mol. The Morgan fingerprint density at radius 1 is 1.33 bits per heavy atom. The van der Waals surface area contributed by atoms with Gasteiger partial charge in [0.25, 0.3) is 0 Å². The minimum atomic E-state index is -3.71. The van der Waals surface area contributed by atoms with Gasteiger partial charge in [0, 0.05) is 24.7 Å². The van der Waals surface area contributed by atoms with Crippen molar-refractivity contribution >= 4 is 31.9 Å². The van der Waals surface area contributed by atoms with Gasteiger partial charge in [-0.05, 0) is 37.6 Å². The molecule has 0 radical (unpaired) electrons. The van der Waals surface area contributed by atoms with Crippen molar-refractivity contribution in [3.8, 4) is 0 Å². The number of hydrogen-bond acceptors (Lipinski definition) is 4. The Kier molecular flexibility index (Phi) is 7.30. The first-order valence-corrected chi connectivity index (χ1v) is 8.69. The van der Waals surface area contributed by atoms with Gasteiger partial charge < -0.3 is 10.1 Å². The molecule has 1 aromatic carbocycles. The van der Waals surface area contributed by atoms with E-state index in [0.29, 0.717) is 19.6 Å². The lowest BCUT2D eigenvalue weighted by Crippen LogP contribution is -2.45. The van der Waals surface area contributed by atoms with Gasteiger partial charge in [-0.3, -0.25) is 4.79 Å². The minimum Gasteiger partial charge on any atom is -0.385 e. The average molecular weight is 379 g/mol. The zero-order chi connectivity index (χ0) is 15.9.